The first-order valence-electron chi connectivity index (χ1n) is 6.84. The molecule has 104 valence electrons. The second-order valence-electron chi connectivity index (χ2n) is 5.00. The number of amides is 1. The Hall–Kier alpha value is -1.62. The summed E-state index contributed by atoms with van der Waals surface area (Å²) in [7, 11) is 0. The topological polar surface area (TPSA) is 38.1 Å². The monoisotopic (exact) mass is 333 g/mol. The molecule has 1 fully saturated rings. The van der Waals surface area contributed by atoms with Gasteiger partial charge in [0, 0.05) is 24.8 Å². The fourth-order valence-electron chi connectivity index (χ4n) is 2.48. The Morgan fingerprint density at radius 2 is 1.80 bits per heavy atom. The molecule has 0 N–H and O–H groups in total. The zero-order chi connectivity index (χ0) is 13.9. The maximum Gasteiger partial charge on any atom is 0.253 e. The van der Waals surface area contributed by atoms with Gasteiger partial charge in [0.15, 0.2) is 0 Å². The van der Waals surface area contributed by atoms with Crippen molar-refractivity contribution >= 4 is 21.8 Å². The zero-order valence-corrected chi connectivity index (χ0v) is 12.7. The van der Waals surface area contributed by atoms with Gasteiger partial charge in [-0.2, -0.15) is 5.10 Å². The van der Waals surface area contributed by atoms with Gasteiger partial charge in [-0.05, 0) is 59.5 Å². The lowest BCUT2D eigenvalue weighted by Crippen LogP contribution is -2.35. The number of piperidine rings is 1. The fourth-order valence-corrected chi connectivity index (χ4v) is 2.76. The predicted molar refractivity (Wildman–Crippen MR) is 81.0 cm³/mol. The normalized spacial score (nSPS) is 15.3. The van der Waals surface area contributed by atoms with Crippen LogP contribution in [0.15, 0.2) is 41.1 Å². The highest BCUT2D eigenvalue weighted by Gasteiger charge is 2.17. The molecule has 1 aliphatic rings. The molecular formula is C15H16BrN3O. The summed E-state index contributed by atoms with van der Waals surface area (Å²) in [5.74, 6) is 0.137. The third kappa shape index (κ3) is 2.77. The van der Waals surface area contributed by atoms with Gasteiger partial charge in [0.25, 0.3) is 5.91 Å². The molecule has 2 aromatic rings. The van der Waals surface area contributed by atoms with Gasteiger partial charge in [0.05, 0.1) is 16.4 Å². The third-order valence-corrected chi connectivity index (χ3v) is 3.98. The molecule has 3 rings (SSSR count). The number of aromatic nitrogens is 2. The molecule has 0 bridgehead atoms. The van der Waals surface area contributed by atoms with Gasteiger partial charge in [-0.15, -0.1) is 0 Å². The summed E-state index contributed by atoms with van der Waals surface area (Å²) in [4.78, 5) is 14.3. The average Bonchev–Trinajstić information content (AvgIpc) is 2.94. The van der Waals surface area contributed by atoms with Crippen LogP contribution < -0.4 is 0 Å². The van der Waals surface area contributed by atoms with Crippen LogP contribution in [0.2, 0.25) is 0 Å². The SMILES string of the molecule is O=C(c1ccc(-n2cc(Br)cn2)cc1)N1CCCCC1. The van der Waals surface area contributed by atoms with Crippen LogP contribution >= 0.6 is 15.9 Å². The number of hydrogen-bond donors (Lipinski definition) is 0. The van der Waals surface area contributed by atoms with E-state index in [4.69, 9.17) is 0 Å². The van der Waals surface area contributed by atoms with Crippen molar-refractivity contribution in [3.63, 3.8) is 0 Å². The summed E-state index contributed by atoms with van der Waals surface area (Å²) in [6, 6.07) is 7.61. The van der Waals surface area contributed by atoms with Gasteiger partial charge in [-0.1, -0.05) is 0 Å². The number of carbonyl (C=O) groups excluding carboxylic acids is 1. The minimum atomic E-state index is 0.137. The Morgan fingerprint density at radius 1 is 1.10 bits per heavy atom. The smallest absolute Gasteiger partial charge is 0.253 e. The molecule has 0 spiro atoms. The molecule has 1 aromatic carbocycles. The minimum Gasteiger partial charge on any atom is -0.339 e. The van der Waals surface area contributed by atoms with E-state index in [0.717, 1.165) is 41.7 Å². The van der Waals surface area contributed by atoms with Crippen molar-refractivity contribution in [1.29, 1.82) is 0 Å². The summed E-state index contributed by atoms with van der Waals surface area (Å²) < 4.78 is 2.71. The molecule has 4 nitrogen and oxygen atoms in total. The van der Waals surface area contributed by atoms with Crippen molar-refractivity contribution in [2.45, 2.75) is 19.3 Å². The van der Waals surface area contributed by atoms with E-state index in [0.29, 0.717) is 0 Å². The van der Waals surface area contributed by atoms with Gasteiger partial charge in [-0.3, -0.25) is 4.79 Å². The lowest BCUT2D eigenvalue weighted by molar-refractivity contribution is 0.0724. The van der Waals surface area contributed by atoms with Gasteiger partial charge in [-0.25, -0.2) is 4.68 Å². The first kappa shape index (κ1) is 13.4. The first-order valence-corrected chi connectivity index (χ1v) is 7.63. The van der Waals surface area contributed by atoms with Gasteiger partial charge < -0.3 is 4.90 Å². The number of rotatable bonds is 2. The summed E-state index contributed by atoms with van der Waals surface area (Å²) in [6.07, 6.45) is 7.10. The second kappa shape index (κ2) is 5.79. The van der Waals surface area contributed by atoms with E-state index in [1.807, 2.05) is 35.4 Å². The Balaban J connectivity index is 1.77. The van der Waals surface area contributed by atoms with E-state index in [-0.39, 0.29) is 5.91 Å². The second-order valence-corrected chi connectivity index (χ2v) is 5.92. The average molecular weight is 334 g/mol. The van der Waals surface area contributed by atoms with Crippen molar-refractivity contribution in [3.05, 3.63) is 46.7 Å². The molecular weight excluding hydrogens is 318 g/mol. The molecule has 0 unspecified atom stereocenters. The molecule has 0 atom stereocenters. The van der Waals surface area contributed by atoms with Crippen LogP contribution in [0, 0.1) is 0 Å². The molecule has 20 heavy (non-hydrogen) atoms. The van der Waals surface area contributed by atoms with E-state index < -0.39 is 0 Å². The molecule has 1 amide bonds. The van der Waals surface area contributed by atoms with Crippen molar-refractivity contribution < 1.29 is 4.79 Å². The summed E-state index contributed by atoms with van der Waals surface area (Å²) in [5, 5.41) is 4.22. The largest absolute Gasteiger partial charge is 0.339 e. The number of benzene rings is 1. The number of hydrogen-bond acceptors (Lipinski definition) is 2. The number of halogens is 1. The van der Waals surface area contributed by atoms with Crippen molar-refractivity contribution in [2.75, 3.05) is 13.1 Å². The fraction of sp³-hybridized carbons (Fsp3) is 0.333. The lowest BCUT2D eigenvalue weighted by atomic mass is 10.1. The molecule has 1 aromatic heterocycles. The van der Waals surface area contributed by atoms with Crippen molar-refractivity contribution in [2.24, 2.45) is 0 Å². The quantitative estimate of drug-likeness (QED) is 0.845. The molecule has 2 heterocycles. The highest BCUT2D eigenvalue weighted by Crippen LogP contribution is 2.16. The molecule has 0 radical (unpaired) electrons. The highest BCUT2D eigenvalue weighted by atomic mass is 79.9. The van der Waals surface area contributed by atoms with Crippen LogP contribution in [0.4, 0.5) is 0 Å². The first-order chi connectivity index (χ1) is 9.74. The number of carbonyl (C=O) groups is 1. The van der Waals surface area contributed by atoms with E-state index in [2.05, 4.69) is 21.0 Å². The Bertz CT molecular complexity index is 600. The van der Waals surface area contributed by atoms with E-state index in [1.165, 1.54) is 6.42 Å². The maximum atomic E-state index is 12.3. The third-order valence-electron chi connectivity index (χ3n) is 3.57. The Kier molecular flexibility index (Phi) is 3.87. The predicted octanol–water partition coefficient (Wildman–Crippen LogP) is 3.26. The lowest BCUT2D eigenvalue weighted by Gasteiger charge is -2.26. The van der Waals surface area contributed by atoms with Crippen LogP contribution in [-0.2, 0) is 0 Å². The van der Waals surface area contributed by atoms with Crippen molar-refractivity contribution in [3.8, 4) is 5.69 Å². The van der Waals surface area contributed by atoms with Crippen LogP contribution in [0.3, 0.4) is 0 Å². The van der Waals surface area contributed by atoms with Gasteiger partial charge in [0.1, 0.15) is 0 Å². The molecule has 1 aliphatic heterocycles. The number of nitrogens with zero attached hydrogens (tertiary/aromatic N) is 3. The maximum absolute atomic E-state index is 12.3. The standard InChI is InChI=1S/C15H16BrN3O/c16-13-10-17-19(11-13)14-6-4-12(5-7-14)15(20)18-8-2-1-3-9-18/h4-7,10-11H,1-3,8-9H2. The minimum absolute atomic E-state index is 0.137. The zero-order valence-electron chi connectivity index (χ0n) is 11.1. The summed E-state index contributed by atoms with van der Waals surface area (Å²) in [6.45, 7) is 1.76. The molecule has 5 heteroatoms. The Labute approximate surface area is 126 Å². The molecule has 1 saturated heterocycles. The van der Waals surface area contributed by atoms with Crippen LogP contribution in [0.1, 0.15) is 29.6 Å². The van der Waals surface area contributed by atoms with E-state index >= 15 is 0 Å². The number of likely N-dealkylation sites (tertiary alicyclic amines) is 1. The summed E-state index contributed by atoms with van der Waals surface area (Å²) in [5.41, 5.74) is 1.70. The van der Waals surface area contributed by atoms with Gasteiger partial charge in [0.2, 0.25) is 0 Å². The van der Waals surface area contributed by atoms with Crippen molar-refractivity contribution in [1.82, 2.24) is 14.7 Å². The highest BCUT2D eigenvalue weighted by molar-refractivity contribution is 9.10. The van der Waals surface area contributed by atoms with E-state index in [1.54, 1.807) is 10.9 Å². The molecule has 0 saturated carbocycles. The van der Waals surface area contributed by atoms with Crippen LogP contribution in [-0.4, -0.2) is 33.7 Å². The van der Waals surface area contributed by atoms with Crippen LogP contribution in [0.25, 0.3) is 5.69 Å². The van der Waals surface area contributed by atoms with Crippen LogP contribution in [0.5, 0.6) is 0 Å². The Morgan fingerprint density at radius 3 is 2.40 bits per heavy atom. The molecule has 0 aliphatic carbocycles. The van der Waals surface area contributed by atoms with E-state index in [9.17, 15) is 4.79 Å². The summed E-state index contributed by atoms with van der Waals surface area (Å²) >= 11 is 3.38. The van der Waals surface area contributed by atoms with Gasteiger partial charge >= 0.3 is 0 Å².